The zero-order chi connectivity index (χ0) is 25.3. The van der Waals surface area contributed by atoms with E-state index < -0.39 is 25.8 Å². The summed E-state index contributed by atoms with van der Waals surface area (Å²) in [5, 5.41) is 2.84. The SMILES string of the molecule is O=[PH](O)OCCCNCc1cc(C(F)(F)F)c(SCCCCC2(c3ccccc3)COC2)cc1F. The lowest BCUT2D eigenvalue weighted by Gasteiger charge is -2.42. The molecule has 0 aromatic heterocycles. The van der Waals surface area contributed by atoms with E-state index in [2.05, 4.69) is 22.0 Å². The molecule has 1 fully saturated rings. The summed E-state index contributed by atoms with van der Waals surface area (Å²) in [5.41, 5.74) is 0.289. The first-order chi connectivity index (χ1) is 16.7. The minimum Gasteiger partial charge on any atom is -0.379 e. The number of hydrogen-bond acceptors (Lipinski definition) is 5. The Bertz CT molecular complexity index is 974. The summed E-state index contributed by atoms with van der Waals surface area (Å²) < 4.78 is 76.0. The van der Waals surface area contributed by atoms with Gasteiger partial charge >= 0.3 is 14.4 Å². The van der Waals surface area contributed by atoms with Gasteiger partial charge in [-0.15, -0.1) is 11.8 Å². The molecule has 0 bridgehead atoms. The number of unbranched alkanes of at least 4 members (excludes halogenated alkanes) is 1. The molecule has 0 spiro atoms. The molecule has 35 heavy (non-hydrogen) atoms. The van der Waals surface area contributed by atoms with E-state index in [0.29, 0.717) is 38.4 Å². The van der Waals surface area contributed by atoms with E-state index in [9.17, 15) is 22.1 Å². The van der Waals surface area contributed by atoms with Gasteiger partial charge in [0.15, 0.2) is 0 Å². The maximum atomic E-state index is 14.5. The van der Waals surface area contributed by atoms with Crippen LogP contribution in [-0.4, -0.2) is 37.0 Å². The zero-order valence-corrected chi connectivity index (χ0v) is 21.0. The first-order valence-corrected chi connectivity index (χ1v) is 13.7. The van der Waals surface area contributed by atoms with Crippen LogP contribution >= 0.6 is 20.0 Å². The van der Waals surface area contributed by atoms with Crippen LogP contribution in [0.3, 0.4) is 0 Å². The molecule has 11 heteroatoms. The summed E-state index contributed by atoms with van der Waals surface area (Å²) in [4.78, 5) is 8.48. The normalized spacial score (nSPS) is 16.1. The van der Waals surface area contributed by atoms with Gasteiger partial charge in [-0.1, -0.05) is 36.8 Å². The molecule has 0 amide bonds. The molecule has 1 atom stereocenters. The van der Waals surface area contributed by atoms with Crippen molar-refractivity contribution in [1.82, 2.24) is 5.32 Å². The monoisotopic (exact) mass is 535 g/mol. The van der Waals surface area contributed by atoms with Crippen LogP contribution in [0, 0.1) is 5.82 Å². The summed E-state index contributed by atoms with van der Waals surface area (Å²) >= 11 is 1.03. The van der Waals surface area contributed by atoms with Crippen molar-refractivity contribution >= 4 is 20.0 Å². The first kappa shape index (κ1) is 28.2. The number of halogens is 4. The van der Waals surface area contributed by atoms with E-state index in [1.54, 1.807) is 0 Å². The van der Waals surface area contributed by atoms with Gasteiger partial charge < -0.3 is 19.5 Å². The third kappa shape index (κ3) is 8.30. The van der Waals surface area contributed by atoms with Crippen LogP contribution in [0.15, 0.2) is 47.4 Å². The summed E-state index contributed by atoms with van der Waals surface area (Å²) in [6, 6.07) is 11.9. The second kappa shape index (κ2) is 13.2. The standard InChI is InChI=1S/C24H30F4NO4PS/c25-21-14-22(20(24(26,27)28)13-18(21)15-29-10-6-11-33-34(30)31)35-12-5-4-9-23(16-32-17-23)19-7-2-1-3-8-19/h1-3,7-8,13-14,29,34H,4-6,9-12,15-17H2,(H,30,31). The Kier molecular flexibility index (Phi) is 10.6. The van der Waals surface area contributed by atoms with Gasteiger partial charge in [0.2, 0.25) is 0 Å². The maximum absolute atomic E-state index is 14.5. The van der Waals surface area contributed by atoms with Crippen molar-refractivity contribution in [3.05, 3.63) is 65.0 Å². The Balaban J connectivity index is 1.52. The summed E-state index contributed by atoms with van der Waals surface area (Å²) in [7, 11) is -3.01. The molecular formula is C24H30F4NO4PS. The minimum absolute atomic E-state index is 0.0217. The number of alkyl halides is 3. The van der Waals surface area contributed by atoms with Crippen molar-refractivity contribution in [2.24, 2.45) is 0 Å². The highest BCUT2D eigenvalue weighted by atomic mass is 32.2. The molecular weight excluding hydrogens is 505 g/mol. The lowest BCUT2D eigenvalue weighted by Crippen LogP contribution is -2.46. The van der Waals surface area contributed by atoms with Crippen molar-refractivity contribution < 1.29 is 36.3 Å². The predicted octanol–water partition coefficient (Wildman–Crippen LogP) is 5.95. The van der Waals surface area contributed by atoms with E-state index in [4.69, 9.17) is 9.63 Å². The van der Waals surface area contributed by atoms with Gasteiger partial charge in [-0.05, 0) is 49.3 Å². The van der Waals surface area contributed by atoms with Crippen LogP contribution in [0.2, 0.25) is 0 Å². The molecule has 0 saturated carbocycles. The number of hydrogen-bond donors (Lipinski definition) is 2. The van der Waals surface area contributed by atoms with Crippen LogP contribution < -0.4 is 5.32 Å². The van der Waals surface area contributed by atoms with Crippen LogP contribution in [0.4, 0.5) is 17.6 Å². The Morgan fingerprint density at radius 2 is 1.89 bits per heavy atom. The fraction of sp³-hybridized carbons (Fsp3) is 0.500. The molecule has 2 aromatic rings. The largest absolute Gasteiger partial charge is 0.417 e. The maximum Gasteiger partial charge on any atom is 0.417 e. The predicted molar refractivity (Wildman–Crippen MR) is 128 cm³/mol. The lowest BCUT2D eigenvalue weighted by molar-refractivity contribution is -0.139. The Morgan fingerprint density at radius 1 is 1.14 bits per heavy atom. The van der Waals surface area contributed by atoms with E-state index in [1.807, 2.05) is 18.2 Å². The molecule has 0 radical (unpaired) electrons. The summed E-state index contributed by atoms with van der Waals surface area (Å²) in [6.45, 7) is 1.56. The fourth-order valence-corrected chi connectivity index (χ4v) is 5.40. The van der Waals surface area contributed by atoms with Crippen LogP contribution in [0.1, 0.15) is 42.4 Å². The molecule has 1 heterocycles. The summed E-state index contributed by atoms with van der Waals surface area (Å²) in [6.07, 6.45) is -1.78. The lowest BCUT2D eigenvalue weighted by atomic mass is 9.75. The molecule has 0 aliphatic carbocycles. The fourth-order valence-electron chi connectivity index (χ4n) is 4.00. The van der Waals surface area contributed by atoms with E-state index in [-0.39, 0.29) is 29.0 Å². The first-order valence-electron chi connectivity index (χ1n) is 11.4. The highest BCUT2D eigenvalue weighted by Gasteiger charge is 2.39. The van der Waals surface area contributed by atoms with Crippen molar-refractivity contribution in [2.45, 2.75) is 48.7 Å². The quantitative estimate of drug-likeness (QED) is 0.135. The molecule has 2 N–H and O–H groups in total. The van der Waals surface area contributed by atoms with Gasteiger partial charge in [-0.3, -0.25) is 4.57 Å². The number of rotatable bonds is 14. The molecule has 2 aromatic carbocycles. The highest BCUT2D eigenvalue weighted by molar-refractivity contribution is 7.99. The smallest absolute Gasteiger partial charge is 0.379 e. The molecule has 3 rings (SSSR count). The van der Waals surface area contributed by atoms with Gasteiger partial charge in [0, 0.05) is 22.4 Å². The molecule has 1 saturated heterocycles. The highest BCUT2D eigenvalue weighted by Crippen LogP contribution is 2.40. The van der Waals surface area contributed by atoms with Gasteiger partial charge in [-0.25, -0.2) is 4.39 Å². The van der Waals surface area contributed by atoms with Crippen molar-refractivity contribution in [3.63, 3.8) is 0 Å². The summed E-state index contributed by atoms with van der Waals surface area (Å²) in [5.74, 6) is -0.237. The minimum atomic E-state index is -4.59. The Morgan fingerprint density at radius 3 is 2.51 bits per heavy atom. The second-order valence-corrected chi connectivity index (χ2v) is 10.5. The van der Waals surface area contributed by atoms with E-state index in [0.717, 1.165) is 36.7 Å². The van der Waals surface area contributed by atoms with E-state index in [1.165, 1.54) is 5.56 Å². The Hall–Kier alpha value is -1.42. The van der Waals surface area contributed by atoms with Gasteiger partial charge in [-0.2, -0.15) is 13.2 Å². The number of ether oxygens (including phenoxy) is 1. The van der Waals surface area contributed by atoms with Crippen molar-refractivity contribution in [2.75, 3.05) is 32.1 Å². The van der Waals surface area contributed by atoms with Crippen molar-refractivity contribution in [1.29, 1.82) is 0 Å². The number of benzene rings is 2. The third-order valence-corrected chi connectivity index (χ3v) is 7.54. The molecule has 1 aliphatic heterocycles. The van der Waals surface area contributed by atoms with Crippen LogP contribution in [-0.2, 0) is 32.0 Å². The zero-order valence-electron chi connectivity index (χ0n) is 19.2. The molecule has 1 unspecified atom stereocenters. The number of thioether (sulfide) groups is 1. The molecule has 5 nitrogen and oxygen atoms in total. The second-order valence-electron chi connectivity index (χ2n) is 8.53. The van der Waals surface area contributed by atoms with Crippen molar-refractivity contribution in [3.8, 4) is 0 Å². The topological polar surface area (TPSA) is 67.8 Å². The number of nitrogens with one attached hydrogen (secondary N) is 1. The molecule has 1 aliphatic rings. The van der Waals surface area contributed by atoms with Crippen LogP contribution in [0.25, 0.3) is 0 Å². The van der Waals surface area contributed by atoms with Gasteiger partial charge in [0.25, 0.3) is 0 Å². The van der Waals surface area contributed by atoms with Gasteiger partial charge in [0.05, 0.1) is 25.4 Å². The Labute approximate surface area is 207 Å². The average Bonchev–Trinajstić information content (AvgIpc) is 2.78. The van der Waals surface area contributed by atoms with Crippen LogP contribution in [0.5, 0.6) is 0 Å². The van der Waals surface area contributed by atoms with Gasteiger partial charge in [0.1, 0.15) is 5.82 Å². The third-order valence-electron chi connectivity index (χ3n) is 5.94. The molecule has 194 valence electrons. The van der Waals surface area contributed by atoms with E-state index >= 15 is 0 Å². The average molecular weight is 536 g/mol.